The first-order valence-corrected chi connectivity index (χ1v) is 7.17. The van der Waals surface area contributed by atoms with Crippen molar-refractivity contribution in [2.45, 2.75) is 19.5 Å². The van der Waals surface area contributed by atoms with Crippen LogP contribution in [0.3, 0.4) is 0 Å². The van der Waals surface area contributed by atoms with E-state index >= 15 is 0 Å². The third-order valence-electron chi connectivity index (χ3n) is 3.05. The van der Waals surface area contributed by atoms with E-state index < -0.39 is 0 Å². The molecule has 1 N–H and O–H groups in total. The van der Waals surface area contributed by atoms with E-state index in [0.29, 0.717) is 6.54 Å². The van der Waals surface area contributed by atoms with Gasteiger partial charge >= 0.3 is 0 Å². The molecule has 102 valence electrons. The fourth-order valence-electron chi connectivity index (χ4n) is 1.94. The number of thiazole rings is 1. The zero-order valence-electron chi connectivity index (χ0n) is 11.0. The van der Waals surface area contributed by atoms with Gasteiger partial charge in [0.15, 0.2) is 0 Å². The summed E-state index contributed by atoms with van der Waals surface area (Å²) in [7, 11) is 0. The lowest BCUT2D eigenvalue weighted by molar-refractivity contribution is -0.124. The summed E-state index contributed by atoms with van der Waals surface area (Å²) < 4.78 is 2.77. The van der Waals surface area contributed by atoms with Gasteiger partial charge in [-0.1, -0.05) is 12.1 Å². The van der Waals surface area contributed by atoms with Crippen molar-refractivity contribution in [2.24, 2.45) is 0 Å². The number of nitrogens with one attached hydrogen (secondary N) is 1. The average molecular weight is 286 g/mol. The molecule has 0 aliphatic carbocycles. The van der Waals surface area contributed by atoms with Crippen molar-refractivity contribution < 1.29 is 4.79 Å². The molecule has 0 bridgehead atoms. The van der Waals surface area contributed by atoms with Crippen LogP contribution in [0.25, 0.3) is 10.2 Å². The molecule has 2 heterocycles. The number of hydrogen-bond donors (Lipinski definition) is 1. The summed E-state index contributed by atoms with van der Waals surface area (Å²) in [5, 5.41) is 7.88. The summed E-state index contributed by atoms with van der Waals surface area (Å²) >= 11 is 1.60. The Kier molecular flexibility index (Phi) is 3.47. The number of fused-ring (bicyclic) bond motifs is 1. The molecule has 1 atom stereocenters. The number of nitrogens with zero attached hydrogens (tertiary/aromatic N) is 3. The molecule has 0 radical (unpaired) electrons. The number of carbonyl (C=O) groups is 1. The van der Waals surface area contributed by atoms with Crippen LogP contribution < -0.4 is 5.32 Å². The fraction of sp³-hybridized carbons (Fsp3) is 0.214. The van der Waals surface area contributed by atoms with Crippen LogP contribution >= 0.6 is 11.3 Å². The number of para-hydroxylation sites is 1. The van der Waals surface area contributed by atoms with E-state index in [1.807, 2.05) is 31.2 Å². The summed E-state index contributed by atoms with van der Waals surface area (Å²) in [6.45, 7) is 2.27. The summed E-state index contributed by atoms with van der Waals surface area (Å²) in [5.41, 5.74) is 0.974. The minimum atomic E-state index is -0.320. The molecule has 3 rings (SSSR count). The highest BCUT2D eigenvalue weighted by Gasteiger charge is 2.15. The van der Waals surface area contributed by atoms with E-state index in [4.69, 9.17) is 0 Å². The summed E-state index contributed by atoms with van der Waals surface area (Å²) in [5.74, 6) is -0.0621. The molecule has 0 aliphatic heterocycles. The quantitative estimate of drug-likeness (QED) is 0.801. The lowest BCUT2D eigenvalue weighted by Crippen LogP contribution is -2.30. The standard InChI is InChI=1S/C14H14N4OS/c1-10(18-8-4-7-16-18)14(19)15-9-13-17-11-5-2-3-6-12(11)20-13/h2-8,10H,9H2,1H3,(H,15,19). The van der Waals surface area contributed by atoms with Gasteiger partial charge in [-0.25, -0.2) is 4.98 Å². The van der Waals surface area contributed by atoms with Gasteiger partial charge in [0.05, 0.1) is 16.8 Å². The van der Waals surface area contributed by atoms with E-state index in [9.17, 15) is 4.79 Å². The van der Waals surface area contributed by atoms with Gasteiger partial charge in [-0.3, -0.25) is 9.48 Å². The van der Waals surface area contributed by atoms with Crippen LogP contribution in [-0.2, 0) is 11.3 Å². The number of amides is 1. The molecule has 20 heavy (non-hydrogen) atoms. The van der Waals surface area contributed by atoms with Gasteiger partial charge < -0.3 is 5.32 Å². The van der Waals surface area contributed by atoms with Crippen LogP contribution in [0.15, 0.2) is 42.7 Å². The van der Waals surface area contributed by atoms with Gasteiger partial charge in [0.1, 0.15) is 11.0 Å². The molecule has 1 unspecified atom stereocenters. The lowest BCUT2D eigenvalue weighted by Gasteiger charge is -2.11. The maximum Gasteiger partial charge on any atom is 0.244 e. The van der Waals surface area contributed by atoms with Crippen molar-refractivity contribution in [3.05, 3.63) is 47.7 Å². The minimum Gasteiger partial charge on any atom is -0.348 e. The molecule has 0 saturated heterocycles. The Balaban J connectivity index is 1.65. The number of carbonyl (C=O) groups excluding carboxylic acids is 1. The average Bonchev–Trinajstić information content (AvgIpc) is 3.12. The summed E-state index contributed by atoms with van der Waals surface area (Å²) in [6, 6.07) is 9.44. The van der Waals surface area contributed by atoms with Crippen LogP contribution in [0.2, 0.25) is 0 Å². The van der Waals surface area contributed by atoms with Crippen molar-refractivity contribution in [1.29, 1.82) is 0 Å². The molecule has 5 nitrogen and oxygen atoms in total. The molecule has 0 fully saturated rings. The number of benzene rings is 1. The summed E-state index contributed by atoms with van der Waals surface area (Å²) in [6.07, 6.45) is 3.44. The molecule has 0 saturated carbocycles. The van der Waals surface area contributed by atoms with Gasteiger partial charge in [0.2, 0.25) is 5.91 Å². The Hall–Kier alpha value is -2.21. The predicted octanol–water partition coefficient (Wildman–Crippen LogP) is 2.37. The van der Waals surface area contributed by atoms with E-state index in [2.05, 4.69) is 15.4 Å². The highest BCUT2D eigenvalue weighted by atomic mass is 32.1. The highest BCUT2D eigenvalue weighted by Crippen LogP contribution is 2.21. The molecule has 1 aromatic carbocycles. The minimum absolute atomic E-state index is 0.0621. The third kappa shape index (κ3) is 2.55. The molecular weight excluding hydrogens is 272 g/mol. The lowest BCUT2D eigenvalue weighted by atomic mass is 10.3. The normalized spacial score (nSPS) is 12.4. The third-order valence-corrected chi connectivity index (χ3v) is 4.09. The van der Waals surface area contributed by atoms with Crippen molar-refractivity contribution in [3.63, 3.8) is 0 Å². The zero-order chi connectivity index (χ0) is 13.9. The highest BCUT2D eigenvalue weighted by molar-refractivity contribution is 7.18. The second-order valence-electron chi connectivity index (χ2n) is 4.46. The molecule has 0 spiro atoms. The first-order chi connectivity index (χ1) is 9.74. The number of aromatic nitrogens is 3. The fourth-order valence-corrected chi connectivity index (χ4v) is 2.84. The van der Waals surface area contributed by atoms with E-state index in [0.717, 1.165) is 15.2 Å². The monoisotopic (exact) mass is 286 g/mol. The zero-order valence-corrected chi connectivity index (χ0v) is 11.8. The first-order valence-electron chi connectivity index (χ1n) is 6.35. The maximum absolute atomic E-state index is 12.0. The van der Waals surface area contributed by atoms with E-state index in [-0.39, 0.29) is 11.9 Å². The van der Waals surface area contributed by atoms with E-state index in [1.54, 1.807) is 34.5 Å². The Morgan fingerprint density at radius 3 is 3.00 bits per heavy atom. The van der Waals surface area contributed by atoms with Gasteiger partial charge in [0.25, 0.3) is 0 Å². The predicted molar refractivity (Wildman–Crippen MR) is 78.4 cm³/mol. The second kappa shape index (κ2) is 5.42. The number of hydrogen-bond acceptors (Lipinski definition) is 4. The Labute approximate surface area is 120 Å². The Morgan fingerprint density at radius 2 is 2.25 bits per heavy atom. The number of rotatable bonds is 4. The van der Waals surface area contributed by atoms with Gasteiger partial charge in [-0.2, -0.15) is 5.10 Å². The van der Waals surface area contributed by atoms with Gasteiger partial charge in [-0.15, -0.1) is 11.3 Å². The molecule has 3 aromatic rings. The Morgan fingerprint density at radius 1 is 1.40 bits per heavy atom. The van der Waals surface area contributed by atoms with Crippen LogP contribution in [0.5, 0.6) is 0 Å². The van der Waals surface area contributed by atoms with Gasteiger partial charge in [0, 0.05) is 12.4 Å². The van der Waals surface area contributed by atoms with Crippen LogP contribution in [0, 0.1) is 0 Å². The SMILES string of the molecule is CC(C(=O)NCc1nc2ccccc2s1)n1cccn1. The first kappa shape index (κ1) is 12.8. The summed E-state index contributed by atoms with van der Waals surface area (Å²) in [4.78, 5) is 16.5. The Bertz CT molecular complexity index is 687. The second-order valence-corrected chi connectivity index (χ2v) is 5.57. The van der Waals surface area contributed by atoms with Crippen molar-refractivity contribution in [1.82, 2.24) is 20.1 Å². The van der Waals surface area contributed by atoms with Crippen LogP contribution in [0.1, 0.15) is 18.0 Å². The van der Waals surface area contributed by atoms with Crippen molar-refractivity contribution in [3.8, 4) is 0 Å². The molecular formula is C14H14N4OS. The van der Waals surface area contributed by atoms with E-state index in [1.165, 1.54) is 0 Å². The van der Waals surface area contributed by atoms with Crippen LogP contribution in [-0.4, -0.2) is 20.7 Å². The molecule has 6 heteroatoms. The molecule has 1 amide bonds. The molecule has 2 aromatic heterocycles. The van der Waals surface area contributed by atoms with Gasteiger partial charge in [-0.05, 0) is 25.1 Å². The van der Waals surface area contributed by atoms with Crippen LogP contribution in [0.4, 0.5) is 0 Å². The van der Waals surface area contributed by atoms with Crippen molar-refractivity contribution in [2.75, 3.05) is 0 Å². The maximum atomic E-state index is 12.0. The molecule has 0 aliphatic rings. The van der Waals surface area contributed by atoms with Crippen molar-refractivity contribution >= 4 is 27.5 Å². The largest absolute Gasteiger partial charge is 0.348 e. The smallest absolute Gasteiger partial charge is 0.244 e. The topological polar surface area (TPSA) is 59.8 Å².